The number of halogens is 2. The summed E-state index contributed by atoms with van der Waals surface area (Å²) in [5.74, 6) is -0.149. The van der Waals surface area contributed by atoms with E-state index in [0.29, 0.717) is 11.1 Å². The van der Waals surface area contributed by atoms with Gasteiger partial charge < -0.3 is 15.0 Å². The molecule has 32 heavy (non-hydrogen) atoms. The summed E-state index contributed by atoms with van der Waals surface area (Å²) in [5.41, 5.74) is 1.02. The molecule has 0 spiro atoms. The number of rotatable bonds is 7. The van der Waals surface area contributed by atoms with Gasteiger partial charge in [0.15, 0.2) is 5.78 Å². The number of benzene rings is 2. The molecule has 0 unspecified atom stereocenters. The van der Waals surface area contributed by atoms with Crippen LogP contribution in [0.3, 0.4) is 0 Å². The number of urea groups is 1. The SMILES string of the molecule is CC(=O)c1ccc(S(=O)(=O)N2CCN(C(=O)NCc3cccc(OC(F)F)c3)CC2)cc1. The molecule has 11 heteroatoms. The second-order valence-electron chi connectivity index (χ2n) is 7.16. The number of Topliss-reactive ketones (excluding diaryl/α,β-unsaturated/α-hetero) is 1. The molecule has 3 rings (SSSR count). The first-order valence-electron chi connectivity index (χ1n) is 9.84. The number of hydrogen-bond acceptors (Lipinski definition) is 5. The fourth-order valence-corrected chi connectivity index (χ4v) is 4.69. The summed E-state index contributed by atoms with van der Waals surface area (Å²) in [5, 5.41) is 2.70. The Morgan fingerprint density at radius 2 is 1.72 bits per heavy atom. The molecule has 1 aliphatic heterocycles. The van der Waals surface area contributed by atoms with Gasteiger partial charge in [-0.1, -0.05) is 24.3 Å². The first-order chi connectivity index (χ1) is 15.2. The van der Waals surface area contributed by atoms with Gasteiger partial charge >= 0.3 is 12.6 Å². The van der Waals surface area contributed by atoms with Crippen molar-refractivity contribution in [3.05, 3.63) is 59.7 Å². The topological polar surface area (TPSA) is 96.0 Å². The zero-order valence-corrected chi connectivity index (χ0v) is 18.1. The number of nitrogens with one attached hydrogen (secondary N) is 1. The van der Waals surface area contributed by atoms with E-state index >= 15 is 0 Å². The van der Waals surface area contributed by atoms with Crippen LogP contribution in [0.4, 0.5) is 13.6 Å². The van der Waals surface area contributed by atoms with Crippen molar-refractivity contribution in [3.8, 4) is 5.75 Å². The fourth-order valence-electron chi connectivity index (χ4n) is 3.26. The third-order valence-corrected chi connectivity index (χ3v) is 6.90. The standard InChI is InChI=1S/C21H23F2N3O5S/c1-15(27)17-5-7-19(8-6-17)32(29,30)26-11-9-25(10-12-26)21(28)24-14-16-3-2-4-18(13-16)31-20(22)23/h2-8,13,20H,9-12,14H2,1H3,(H,24,28). The van der Waals surface area contributed by atoms with Crippen LogP contribution in [0.15, 0.2) is 53.4 Å². The van der Waals surface area contributed by atoms with Crippen LogP contribution in [0.5, 0.6) is 5.75 Å². The molecular weight excluding hydrogens is 444 g/mol. The highest BCUT2D eigenvalue weighted by molar-refractivity contribution is 7.89. The number of sulfonamides is 1. The average Bonchev–Trinajstić information content (AvgIpc) is 2.77. The summed E-state index contributed by atoms with van der Waals surface area (Å²) in [6.45, 7) is -0.762. The van der Waals surface area contributed by atoms with Crippen molar-refractivity contribution in [2.24, 2.45) is 0 Å². The minimum atomic E-state index is -3.74. The lowest BCUT2D eigenvalue weighted by Crippen LogP contribution is -2.52. The van der Waals surface area contributed by atoms with Crippen molar-refractivity contribution in [1.29, 1.82) is 0 Å². The number of amides is 2. The number of carbonyl (C=O) groups excluding carboxylic acids is 2. The molecule has 0 aromatic heterocycles. The van der Waals surface area contributed by atoms with Crippen LogP contribution in [-0.2, 0) is 16.6 Å². The van der Waals surface area contributed by atoms with E-state index in [4.69, 9.17) is 0 Å². The van der Waals surface area contributed by atoms with Gasteiger partial charge in [0.1, 0.15) is 5.75 Å². The monoisotopic (exact) mass is 467 g/mol. The maximum atomic E-state index is 12.8. The van der Waals surface area contributed by atoms with Gasteiger partial charge in [0.2, 0.25) is 10.0 Å². The van der Waals surface area contributed by atoms with Crippen molar-refractivity contribution in [2.45, 2.75) is 25.0 Å². The van der Waals surface area contributed by atoms with Crippen molar-refractivity contribution in [3.63, 3.8) is 0 Å². The lowest BCUT2D eigenvalue weighted by atomic mass is 10.2. The zero-order chi connectivity index (χ0) is 23.3. The molecule has 1 N–H and O–H groups in total. The second-order valence-corrected chi connectivity index (χ2v) is 9.09. The summed E-state index contributed by atoms with van der Waals surface area (Å²) in [7, 11) is -3.74. The third kappa shape index (κ3) is 5.80. The third-order valence-electron chi connectivity index (χ3n) is 4.99. The van der Waals surface area contributed by atoms with Crippen LogP contribution in [0.1, 0.15) is 22.8 Å². The van der Waals surface area contributed by atoms with Crippen molar-refractivity contribution >= 4 is 21.8 Å². The number of piperazine rings is 1. The van der Waals surface area contributed by atoms with E-state index in [-0.39, 0.29) is 55.2 Å². The Labute approximate surface area is 184 Å². The van der Waals surface area contributed by atoms with Crippen LogP contribution >= 0.6 is 0 Å². The van der Waals surface area contributed by atoms with Crippen molar-refractivity contribution < 1.29 is 31.5 Å². The molecule has 172 valence electrons. The van der Waals surface area contributed by atoms with Crippen LogP contribution in [0, 0.1) is 0 Å². The molecule has 0 atom stereocenters. The predicted octanol–water partition coefficient (Wildman–Crippen LogP) is 2.71. The largest absolute Gasteiger partial charge is 0.435 e. The van der Waals surface area contributed by atoms with E-state index in [9.17, 15) is 26.8 Å². The van der Waals surface area contributed by atoms with Crippen molar-refractivity contribution in [1.82, 2.24) is 14.5 Å². The molecule has 0 aliphatic carbocycles. The zero-order valence-electron chi connectivity index (χ0n) is 17.3. The van der Waals surface area contributed by atoms with Gasteiger partial charge in [-0.05, 0) is 36.8 Å². The van der Waals surface area contributed by atoms with Gasteiger partial charge in [-0.25, -0.2) is 13.2 Å². The summed E-state index contributed by atoms with van der Waals surface area (Å²) in [4.78, 5) is 25.4. The van der Waals surface area contributed by atoms with Crippen LogP contribution in [-0.4, -0.2) is 62.2 Å². The first-order valence-corrected chi connectivity index (χ1v) is 11.3. The molecule has 1 heterocycles. The maximum Gasteiger partial charge on any atom is 0.387 e. The van der Waals surface area contributed by atoms with Gasteiger partial charge in [0.25, 0.3) is 0 Å². The quantitative estimate of drug-likeness (QED) is 0.632. The summed E-state index contributed by atoms with van der Waals surface area (Å²) < 4.78 is 55.9. The lowest BCUT2D eigenvalue weighted by molar-refractivity contribution is -0.0498. The molecule has 1 fully saturated rings. The fraction of sp³-hybridized carbons (Fsp3) is 0.333. The summed E-state index contributed by atoms with van der Waals surface area (Å²) in [6.07, 6.45) is 0. The van der Waals surface area contributed by atoms with Gasteiger partial charge in [0, 0.05) is 38.3 Å². The van der Waals surface area contributed by atoms with Gasteiger partial charge in [-0.15, -0.1) is 0 Å². The molecule has 0 bridgehead atoms. The number of nitrogens with zero attached hydrogens (tertiary/aromatic N) is 2. The van der Waals surface area contributed by atoms with E-state index in [1.54, 1.807) is 12.1 Å². The van der Waals surface area contributed by atoms with E-state index in [1.807, 2.05) is 0 Å². The molecule has 0 radical (unpaired) electrons. The average molecular weight is 467 g/mol. The number of ether oxygens (including phenoxy) is 1. The van der Waals surface area contributed by atoms with Gasteiger partial charge in [0.05, 0.1) is 4.90 Å². The lowest BCUT2D eigenvalue weighted by Gasteiger charge is -2.34. The Balaban J connectivity index is 1.53. The predicted molar refractivity (Wildman–Crippen MR) is 112 cm³/mol. The minimum Gasteiger partial charge on any atom is -0.435 e. The molecule has 1 aliphatic rings. The van der Waals surface area contributed by atoms with Gasteiger partial charge in [-0.2, -0.15) is 13.1 Å². The Kier molecular flexibility index (Phi) is 7.41. The van der Waals surface area contributed by atoms with Crippen LogP contribution in [0.2, 0.25) is 0 Å². The molecular formula is C21H23F2N3O5S. The van der Waals surface area contributed by atoms with E-state index in [0.717, 1.165) is 0 Å². The molecule has 1 saturated heterocycles. The molecule has 0 saturated carbocycles. The Hall–Kier alpha value is -3.05. The smallest absolute Gasteiger partial charge is 0.387 e. The minimum absolute atomic E-state index is 0.00176. The highest BCUT2D eigenvalue weighted by atomic mass is 32.2. The molecule has 2 aromatic rings. The Morgan fingerprint density at radius 1 is 1.06 bits per heavy atom. The number of hydrogen-bond donors (Lipinski definition) is 1. The molecule has 8 nitrogen and oxygen atoms in total. The molecule has 2 aromatic carbocycles. The highest BCUT2D eigenvalue weighted by Crippen LogP contribution is 2.19. The Morgan fingerprint density at radius 3 is 2.31 bits per heavy atom. The van der Waals surface area contributed by atoms with E-state index in [2.05, 4.69) is 10.1 Å². The normalized spacial score (nSPS) is 14.9. The number of ketones is 1. The highest BCUT2D eigenvalue weighted by Gasteiger charge is 2.30. The first kappa shape index (κ1) is 23.6. The Bertz CT molecular complexity index is 1070. The summed E-state index contributed by atoms with van der Waals surface area (Å²) >= 11 is 0. The van der Waals surface area contributed by atoms with E-state index in [1.165, 1.54) is 52.5 Å². The van der Waals surface area contributed by atoms with Crippen LogP contribution < -0.4 is 10.1 Å². The maximum absolute atomic E-state index is 12.8. The number of alkyl halides is 2. The van der Waals surface area contributed by atoms with Crippen molar-refractivity contribution in [2.75, 3.05) is 26.2 Å². The number of carbonyl (C=O) groups is 2. The van der Waals surface area contributed by atoms with E-state index < -0.39 is 16.6 Å². The summed E-state index contributed by atoms with van der Waals surface area (Å²) in [6, 6.07) is 11.4. The second kappa shape index (κ2) is 10.0. The van der Waals surface area contributed by atoms with Crippen LogP contribution in [0.25, 0.3) is 0 Å². The molecule has 2 amide bonds. The van der Waals surface area contributed by atoms with Gasteiger partial charge in [-0.3, -0.25) is 4.79 Å².